The van der Waals surface area contributed by atoms with Crippen molar-refractivity contribution in [2.75, 3.05) is 38.6 Å². The van der Waals surface area contributed by atoms with E-state index in [2.05, 4.69) is 34.4 Å². The molecular formula is C31H38N4O5S. The maximum atomic E-state index is 13.3. The minimum atomic E-state index is -3.69. The number of H-pyrrole nitrogens is 1. The number of methoxy groups -OCH3 is 1. The molecule has 0 atom stereocenters. The van der Waals surface area contributed by atoms with Gasteiger partial charge in [-0.05, 0) is 80.0 Å². The third-order valence-corrected chi connectivity index (χ3v) is 9.21. The normalized spacial score (nSPS) is 13.9. The number of rotatable bonds is 12. The molecule has 0 aliphatic carbocycles. The molecule has 1 aliphatic heterocycles. The highest BCUT2D eigenvalue weighted by molar-refractivity contribution is 7.90. The van der Waals surface area contributed by atoms with E-state index >= 15 is 0 Å². The number of nitrogens with zero attached hydrogens (tertiary/aromatic N) is 1. The molecule has 2 heterocycles. The molecule has 2 aromatic carbocycles. The van der Waals surface area contributed by atoms with Crippen LogP contribution in [0.25, 0.3) is 11.6 Å². The first kappa shape index (κ1) is 30.1. The first-order chi connectivity index (χ1) is 19.6. The Labute approximate surface area is 241 Å². The molecule has 0 fully saturated rings. The zero-order chi connectivity index (χ0) is 29.7. The summed E-state index contributed by atoms with van der Waals surface area (Å²) in [4.78, 5) is 31.3. The standard InChI is InChI=1S/C31H38N4O5S/c1-6-35(7-2)14-13-32-30(36)18-25-20(3)29(33-21(25)4)17-27-26-16-24(11-12-28(26)34-31(27)37)41(38,39)19-22-9-8-10-23(15-22)40-5/h8-12,15-17,33H,6-7,13-14,18-19H2,1-5H3,(H,32,36)(H,34,37)/b27-17-. The SMILES string of the molecule is CCN(CC)CCNC(=O)Cc1c(C)[nH]c(/C=C2\C(=O)Nc3ccc(S(=O)(=O)Cc4cccc(OC)c4)cc32)c1C. The summed E-state index contributed by atoms with van der Waals surface area (Å²) in [5.41, 5.74) is 5.34. The van der Waals surface area contributed by atoms with Crippen molar-refractivity contribution in [3.05, 3.63) is 76.1 Å². The Bertz CT molecular complexity index is 1590. The van der Waals surface area contributed by atoms with Crippen LogP contribution < -0.4 is 15.4 Å². The van der Waals surface area contributed by atoms with Gasteiger partial charge in [-0.3, -0.25) is 9.59 Å². The van der Waals surface area contributed by atoms with Gasteiger partial charge in [-0.2, -0.15) is 0 Å². The first-order valence-corrected chi connectivity index (χ1v) is 15.4. The van der Waals surface area contributed by atoms with Crippen LogP contribution in [-0.2, 0) is 31.6 Å². The maximum Gasteiger partial charge on any atom is 0.256 e. The van der Waals surface area contributed by atoms with Crippen LogP contribution in [0.2, 0.25) is 0 Å². The van der Waals surface area contributed by atoms with E-state index < -0.39 is 9.84 Å². The molecular weight excluding hydrogens is 540 g/mol. The number of nitrogens with one attached hydrogen (secondary N) is 3. The summed E-state index contributed by atoms with van der Waals surface area (Å²) in [6, 6.07) is 11.6. The average molecular weight is 579 g/mol. The monoisotopic (exact) mass is 578 g/mol. The van der Waals surface area contributed by atoms with Crippen molar-refractivity contribution in [3.8, 4) is 5.75 Å². The van der Waals surface area contributed by atoms with Gasteiger partial charge >= 0.3 is 0 Å². The fourth-order valence-corrected chi connectivity index (χ4v) is 6.41. The Morgan fingerprint density at radius 2 is 1.85 bits per heavy atom. The summed E-state index contributed by atoms with van der Waals surface area (Å²) >= 11 is 0. The number of amides is 2. The van der Waals surface area contributed by atoms with Gasteiger partial charge in [0, 0.05) is 35.7 Å². The number of aromatic amines is 1. The minimum Gasteiger partial charge on any atom is -0.497 e. The first-order valence-electron chi connectivity index (χ1n) is 13.8. The number of ether oxygens (including phenoxy) is 1. The Morgan fingerprint density at radius 1 is 1.10 bits per heavy atom. The molecule has 0 radical (unpaired) electrons. The van der Waals surface area contributed by atoms with Gasteiger partial charge in [-0.1, -0.05) is 26.0 Å². The minimum absolute atomic E-state index is 0.0589. The van der Waals surface area contributed by atoms with Crippen molar-refractivity contribution in [1.29, 1.82) is 0 Å². The number of fused-ring (bicyclic) bond motifs is 1. The molecule has 0 unspecified atom stereocenters. The number of aromatic nitrogens is 1. The molecule has 0 spiro atoms. The number of aryl methyl sites for hydroxylation is 1. The van der Waals surface area contributed by atoms with Crippen molar-refractivity contribution in [3.63, 3.8) is 0 Å². The highest BCUT2D eigenvalue weighted by Gasteiger charge is 2.28. The van der Waals surface area contributed by atoms with E-state index in [1.54, 1.807) is 42.5 Å². The molecule has 1 aromatic heterocycles. The van der Waals surface area contributed by atoms with Gasteiger partial charge in [0.2, 0.25) is 5.91 Å². The van der Waals surface area contributed by atoms with Crippen molar-refractivity contribution in [2.24, 2.45) is 0 Å². The lowest BCUT2D eigenvalue weighted by Crippen LogP contribution is -2.35. The summed E-state index contributed by atoms with van der Waals surface area (Å²) in [6.45, 7) is 11.3. The van der Waals surface area contributed by atoms with Crippen molar-refractivity contribution in [1.82, 2.24) is 15.2 Å². The summed E-state index contributed by atoms with van der Waals surface area (Å²) in [7, 11) is -2.16. The zero-order valence-corrected chi connectivity index (χ0v) is 25.1. The van der Waals surface area contributed by atoms with Gasteiger partial charge in [0.15, 0.2) is 9.84 Å². The van der Waals surface area contributed by atoms with Crippen LogP contribution in [0.4, 0.5) is 5.69 Å². The molecule has 0 saturated heterocycles. The van der Waals surface area contributed by atoms with E-state index in [9.17, 15) is 18.0 Å². The molecule has 9 nitrogen and oxygen atoms in total. The van der Waals surface area contributed by atoms with E-state index in [1.165, 1.54) is 13.2 Å². The van der Waals surface area contributed by atoms with Crippen molar-refractivity contribution >= 4 is 39.0 Å². The molecule has 0 bridgehead atoms. The number of anilines is 1. The maximum absolute atomic E-state index is 13.3. The molecule has 1 aliphatic rings. The number of sulfone groups is 1. The number of likely N-dealkylation sites (N-methyl/N-ethyl adjacent to an activating group) is 1. The number of benzene rings is 2. The lowest BCUT2D eigenvalue weighted by Gasteiger charge is -2.18. The van der Waals surface area contributed by atoms with Crippen LogP contribution >= 0.6 is 0 Å². The Morgan fingerprint density at radius 3 is 2.56 bits per heavy atom. The summed E-state index contributed by atoms with van der Waals surface area (Å²) in [6.07, 6.45) is 1.95. The second-order valence-electron chi connectivity index (χ2n) is 10.2. The second-order valence-corrected chi connectivity index (χ2v) is 12.1. The Hall–Kier alpha value is -3.89. The smallest absolute Gasteiger partial charge is 0.256 e. The molecule has 218 valence electrons. The molecule has 41 heavy (non-hydrogen) atoms. The van der Waals surface area contributed by atoms with Crippen LogP contribution in [0.15, 0.2) is 47.4 Å². The molecule has 3 N–H and O–H groups in total. The fraction of sp³-hybridized carbons (Fsp3) is 0.355. The van der Waals surface area contributed by atoms with Crippen molar-refractivity contribution in [2.45, 2.75) is 44.8 Å². The molecule has 0 saturated carbocycles. The van der Waals surface area contributed by atoms with Crippen LogP contribution in [0.1, 0.15) is 47.5 Å². The summed E-state index contributed by atoms with van der Waals surface area (Å²) in [5.74, 6) is 0.0134. The molecule has 10 heteroatoms. The fourth-order valence-electron chi connectivity index (χ4n) is 5.05. The lowest BCUT2D eigenvalue weighted by molar-refractivity contribution is -0.120. The number of carbonyl (C=O) groups excluding carboxylic acids is 2. The van der Waals surface area contributed by atoms with E-state index in [0.717, 1.165) is 36.5 Å². The van der Waals surface area contributed by atoms with Crippen molar-refractivity contribution < 1.29 is 22.7 Å². The predicted octanol–water partition coefficient (Wildman–Crippen LogP) is 4.11. The summed E-state index contributed by atoms with van der Waals surface area (Å²) in [5, 5.41) is 5.82. The highest BCUT2D eigenvalue weighted by atomic mass is 32.2. The lowest BCUT2D eigenvalue weighted by atomic mass is 10.0. The molecule has 2 amide bonds. The van der Waals surface area contributed by atoms with Gasteiger partial charge in [0.1, 0.15) is 5.75 Å². The predicted molar refractivity (Wildman–Crippen MR) is 162 cm³/mol. The van der Waals surface area contributed by atoms with Crippen LogP contribution in [-0.4, -0.2) is 63.4 Å². The van der Waals surface area contributed by atoms with Gasteiger partial charge in [-0.25, -0.2) is 8.42 Å². The van der Waals surface area contributed by atoms with E-state index in [4.69, 9.17) is 4.74 Å². The third kappa shape index (κ3) is 6.89. The van der Waals surface area contributed by atoms with Crippen LogP contribution in [0.5, 0.6) is 5.75 Å². The van der Waals surface area contributed by atoms with Gasteiger partial charge in [0.05, 0.1) is 29.8 Å². The number of hydrogen-bond acceptors (Lipinski definition) is 6. The van der Waals surface area contributed by atoms with E-state index in [0.29, 0.717) is 40.4 Å². The zero-order valence-electron chi connectivity index (χ0n) is 24.3. The molecule has 3 aromatic rings. The van der Waals surface area contributed by atoms with Gasteiger partial charge in [0.25, 0.3) is 5.91 Å². The Kier molecular flexibility index (Phi) is 9.35. The third-order valence-electron chi connectivity index (χ3n) is 7.53. The van der Waals surface area contributed by atoms with Gasteiger partial charge in [-0.15, -0.1) is 0 Å². The number of carbonyl (C=O) groups is 2. The number of hydrogen-bond donors (Lipinski definition) is 3. The highest BCUT2D eigenvalue weighted by Crippen LogP contribution is 2.36. The largest absolute Gasteiger partial charge is 0.497 e. The molecule has 4 rings (SSSR count). The topological polar surface area (TPSA) is 121 Å². The Balaban J connectivity index is 1.56. The second kappa shape index (κ2) is 12.7. The quantitative estimate of drug-likeness (QED) is 0.278. The summed E-state index contributed by atoms with van der Waals surface area (Å²) < 4.78 is 31.8. The van der Waals surface area contributed by atoms with Crippen LogP contribution in [0, 0.1) is 13.8 Å². The average Bonchev–Trinajstić information content (AvgIpc) is 3.40. The van der Waals surface area contributed by atoms with E-state index in [1.807, 2.05) is 13.8 Å². The van der Waals surface area contributed by atoms with Crippen LogP contribution in [0.3, 0.4) is 0 Å². The van der Waals surface area contributed by atoms with E-state index in [-0.39, 0.29) is 28.9 Å². The van der Waals surface area contributed by atoms with Gasteiger partial charge < -0.3 is 25.3 Å².